The van der Waals surface area contributed by atoms with Crippen LogP contribution in [0.25, 0.3) is 0 Å². The number of ether oxygens (including phenoxy) is 1. The summed E-state index contributed by atoms with van der Waals surface area (Å²) >= 11 is 0. The van der Waals surface area contributed by atoms with E-state index in [4.69, 9.17) is 4.74 Å². The summed E-state index contributed by atoms with van der Waals surface area (Å²) in [5.74, 6) is 0.260. The second kappa shape index (κ2) is 2.31. The van der Waals surface area contributed by atoms with Gasteiger partial charge in [-0.1, -0.05) is 20.8 Å². The summed E-state index contributed by atoms with van der Waals surface area (Å²) in [6, 6.07) is 0. The molecule has 0 aromatic carbocycles. The Balaban J connectivity index is 2.85. The first-order valence-electron chi connectivity index (χ1n) is 3.99. The molecule has 1 aliphatic heterocycles. The fraction of sp³-hybridized carbons (Fsp3) is 0.889. The number of ketones is 1. The Hall–Kier alpha value is -0.370. The molecule has 2 heteroatoms. The van der Waals surface area contributed by atoms with Gasteiger partial charge in [-0.2, -0.15) is 0 Å². The van der Waals surface area contributed by atoms with Gasteiger partial charge in [0.25, 0.3) is 0 Å². The molecule has 1 saturated heterocycles. The van der Waals surface area contributed by atoms with Crippen LogP contribution in [0.2, 0.25) is 0 Å². The van der Waals surface area contributed by atoms with Crippen molar-refractivity contribution in [1.29, 1.82) is 0 Å². The van der Waals surface area contributed by atoms with E-state index in [1.165, 1.54) is 0 Å². The van der Waals surface area contributed by atoms with E-state index in [0.29, 0.717) is 13.2 Å². The standard InChI is InChI=1S/C9H16O2/c1-7(10)9(5-11-6-9)8(2,3)4/h5-6H2,1-4H3. The van der Waals surface area contributed by atoms with Gasteiger partial charge in [-0.3, -0.25) is 4.79 Å². The van der Waals surface area contributed by atoms with Crippen LogP contribution in [0, 0.1) is 10.8 Å². The van der Waals surface area contributed by atoms with E-state index >= 15 is 0 Å². The zero-order valence-corrected chi connectivity index (χ0v) is 7.73. The first kappa shape index (κ1) is 8.72. The molecule has 1 rings (SSSR count). The monoisotopic (exact) mass is 156 g/mol. The number of Topliss-reactive ketones (excluding diaryl/α,β-unsaturated/α-hetero) is 1. The van der Waals surface area contributed by atoms with Gasteiger partial charge in [0, 0.05) is 0 Å². The molecule has 0 aromatic rings. The Bertz CT molecular complexity index is 172. The molecule has 0 saturated carbocycles. The van der Waals surface area contributed by atoms with Crippen molar-refractivity contribution in [2.75, 3.05) is 13.2 Å². The lowest BCUT2D eigenvalue weighted by molar-refractivity contribution is -0.182. The van der Waals surface area contributed by atoms with Crippen LogP contribution in [0.5, 0.6) is 0 Å². The molecular weight excluding hydrogens is 140 g/mol. The molecule has 0 bridgehead atoms. The van der Waals surface area contributed by atoms with E-state index in [2.05, 4.69) is 20.8 Å². The third-order valence-electron chi connectivity index (χ3n) is 2.81. The maximum Gasteiger partial charge on any atom is 0.141 e. The summed E-state index contributed by atoms with van der Waals surface area (Å²) in [5.41, 5.74) is -0.163. The maximum absolute atomic E-state index is 11.3. The molecular formula is C9H16O2. The zero-order valence-electron chi connectivity index (χ0n) is 7.73. The lowest BCUT2D eigenvalue weighted by Crippen LogP contribution is -2.56. The zero-order chi connectivity index (χ0) is 8.70. The Kier molecular flexibility index (Phi) is 1.83. The van der Waals surface area contributed by atoms with Crippen molar-refractivity contribution in [1.82, 2.24) is 0 Å². The molecule has 64 valence electrons. The summed E-state index contributed by atoms with van der Waals surface area (Å²) in [6.45, 7) is 9.15. The lowest BCUT2D eigenvalue weighted by Gasteiger charge is -2.48. The van der Waals surface area contributed by atoms with Crippen molar-refractivity contribution >= 4 is 5.78 Å². The first-order valence-corrected chi connectivity index (χ1v) is 3.99. The summed E-state index contributed by atoms with van der Waals surface area (Å²) in [5, 5.41) is 0. The summed E-state index contributed by atoms with van der Waals surface area (Å²) < 4.78 is 5.11. The lowest BCUT2D eigenvalue weighted by atomic mass is 9.63. The van der Waals surface area contributed by atoms with Crippen LogP contribution < -0.4 is 0 Å². The van der Waals surface area contributed by atoms with Gasteiger partial charge >= 0.3 is 0 Å². The van der Waals surface area contributed by atoms with E-state index < -0.39 is 0 Å². The molecule has 0 radical (unpaired) electrons. The molecule has 0 unspecified atom stereocenters. The van der Waals surface area contributed by atoms with E-state index in [0.717, 1.165) is 0 Å². The average Bonchev–Trinajstić information content (AvgIpc) is 1.52. The highest BCUT2D eigenvalue weighted by Gasteiger charge is 2.52. The molecule has 0 spiro atoms. The Morgan fingerprint density at radius 3 is 1.82 bits per heavy atom. The van der Waals surface area contributed by atoms with Crippen molar-refractivity contribution in [2.24, 2.45) is 10.8 Å². The number of carbonyl (C=O) groups excluding carboxylic acids is 1. The Labute approximate surface area is 67.9 Å². The third-order valence-corrected chi connectivity index (χ3v) is 2.81. The maximum atomic E-state index is 11.3. The van der Waals surface area contributed by atoms with Gasteiger partial charge in [0.1, 0.15) is 5.78 Å². The van der Waals surface area contributed by atoms with Gasteiger partial charge < -0.3 is 4.74 Å². The molecule has 2 nitrogen and oxygen atoms in total. The highest BCUT2D eigenvalue weighted by atomic mass is 16.5. The van der Waals surface area contributed by atoms with E-state index in [1.807, 2.05) is 0 Å². The molecule has 0 aliphatic carbocycles. The fourth-order valence-electron chi connectivity index (χ4n) is 1.47. The van der Waals surface area contributed by atoms with E-state index in [-0.39, 0.29) is 16.6 Å². The van der Waals surface area contributed by atoms with Gasteiger partial charge in [-0.15, -0.1) is 0 Å². The van der Waals surface area contributed by atoms with Crippen LogP contribution in [0.4, 0.5) is 0 Å². The van der Waals surface area contributed by atoms with Crippen LogP contribution in [-0.4, -0.2) is 19.0 Å². The van der Waals surface area contributed by atoms with E-state index in [1.54, 1.807) is 6.92 Å². The Morgan fingerprint density at radius 2 is 1.82 bits per heavy atom. The number of hydrogen-bond donors (Lipinski definition) is 0. The molecule has 1 heterocycles. The second-order valence-electron chi connectivity index (χ2n) is 4.38. The summed E-state index contributed by atoms with van der Waals surface area (Å²) in [7, 11) is 0. The average molecular weight is 156 g/mol. The van der Waals surface area contributed by atoms with Gasteiger partial charge in [-0.05, 0) is 12.3 Å². The van der Waals surface area contributed by atoms with Crippen molar-refractivity contribution < 1.29 is 9.53 Å². The second-order valence-corrected chi connectivity index (χ2v) is 4.38. The fourth-order valence-corrected chi connectivity index (χ4v) is 1.47. The quantitative estimate of drug-likeness (QED) is 0.577. The molecule has 0 atom stereocenters. The normalized spacial score (nSPS) is 22.5. The van der Waals surface area contributed by atoms with Crippen molar-refractivity contribution in [3.63, 3.8) is 0 Å². The van der Waals surface area contributed by atoms with Crippen LogP contribution in [0.1, 0.15) is 27.7 Å². The third kappa shape index (κ3) is 1.09. The molecule has 0 amide bonds. The predicted molar refractivity (Wildman–Crippen MR) is 43.4 cm³/mol. The first-order chi connectivity index (χ1) is 4.90. The molecule has 0 N–H and O–H groups in total. The molecule has 0 aromatic heterocycles. The SMILES string of the molecule is CC(=O)C1(C(C)(C)C)COC1. The minimum Gasteiger partial charge on any atom is -0.379 e. The van der Waals surface area contributed by atoms with Crippen molar-refractivity contribution in [3.8, 4) is 0 Å². The molecule has 1 aliphatic rings. The smallest absolute Gasteiger partial charge is 0.141 e. The van der Waals surface area contributed by atoms with Gasteiger partial charge in [0.2, 0.25) is 0 Å². The van der Waals surface area contributed by atoms with Gasteiger partial charge in [0.15, 0.2) is 0 Å². The Morgan fingerprint density at radius 1 is 1.36 bits per heavy atom. The van der Waals surface area contributed by atoms with Crippen LogP contribution in [-0.2, 0) is 9.53 Å². The largest absolute Gasteiger partial charge is 0.379 e. The number of hydrogen-bond acceptors (Lipinski definition) is 2. The topological polar surface area (TPSA) is 26.3 Å². The van der Waals surface area contributed by atoms with E-state index in [9.17, 15) is 4.79 Å². The van der Waals surface area contributed by atoms with Crippen LogP contribution in [0.15, 0.2) is 0 Å². The van der Waals surface area contributed by atoms with Crippen molar-refractivity contribution in [3.05, 3.63) is 0 Å². The predicted octanol–water partition coefficient (Wildman–Crippen LogP) is 1.64. The minimum absolute atomic E-state index is 0.0388. The highest BCUT2D eigenvalue weighted by molar-refractivity contribution is 5.84. The summed E-state index contributed by atoms with van der Waals surface area (Å²) in [4.78, 5) is 11.3. The number of carbonyl (C=O) groups is 1. The molecule has 11 heavy (non-hydrogen) atoms. The number of rotatable bonds is 1. The summed E-state index contributed by atoms with van der Waals surface area (Å²) in [6.07, 6.45) is 0. The van der Waals surface area contributed by atoms with Crippen LogP contribution in [0.3, 0.4) is 0 Å². The highest BCUT2D eigenvalue weighted by Crippen LogP contribution is 2.45. The van der Waals surface area contributed by atoms with Gasteiger partial charge in [-0.25, -0.2) is 0 Å². The van der Waals surface area contributed by atoms with Gasteiger partial charge in [0.05, 0.1) is 18.6 Å². The molecule has 1 fully saturated rings. The minimum atomic E-state index is -0.201. The van der Waals surface area contributed by atoms with Crippen molar-refractivity contribution in [2.45, 2.75) is 27.7 Å². The van der Waals surface area contributed by atoms with Crippen LogP contribution >= 0.6 is 0 Å².